The van der Waals surface area contributed by atoms with E-state index in [9.17, 15) is 29.8 Å². The van der Waals surface area contributed by atoms with E-state index in [-0.39, 0.29) is 18.5 Å². The van der Waals surface area contributed by atoms with Crippen molar-refractivity contribution in [3.05, 3.63) is 67.2 Å². The second kappa shape index (κ2) is 9.46. The minimum Gasteiger partial charge on any atom is -0.326 e. The van der Waals surface area contributed by atoms with Crippen molar-refractivity contribution in [2.24, 2.45) is 0 Å². The molecule has 2 rings (SSSR count). The summed E-state index contributed by atoms with van der Waals surface area (Å²) in [6.07, 6.45) is -0.332. The highest BCUT2D eigenvalue weighted by molar-refractivity contribution is 6.31. The van der Waals surface area contributed by atoms with Crippen LogP contribution in [-0.2, 0) is 9.59 Å². The second-order valence-corrected chi connectivity index (χ2v) is 6.26. The number of carbonyl (C=O) groups excluding carboxylic acids is 2. The Balaban J connectivity index is 1.90. The summed E-state index contributed by atoms with van der Waals surface area (Å²) < 4.78 is 0. The molecule has 0 bridgehead atoms. The zero-order chi connectivity index (χ0) is 21.6. The Hall–Kier alpha value is -3.73. The first kappa shape index (κ1) is 21.6. The zero-order valence-electron chi connectivity index (χ0n) is 15.1. The minimum atomic E-state index is -0.817. The molecule has 0 saturated carbocycles. The number of hydrogen-bond acceptors (Lipinski definition) is 7. The van der Waals surface area contributed by atoms with Crippen LogP contribution in [0.2, 0.25) is 5.02 Å². The van der Waals surface area contributed by atoms with Crippen LogP contribution in [0.4, 0.5) is 22.7 Å². The Bertz CT molecular complexity index is 981. The lowest BCUT2D eigenvalue weighted by molar-refractivity contribution is -0.393. The predicted octanol–water partition coefficient (Wildman–Crippen LogP) is 3.33. The number of non-ortho nitro benzene ring substituents is 1. The maximum Gasteiger partial charge on any atom is 0.300 e. The molecule has 0 radical (unpaired) electrons. The maximum absolute atomic E-state index is 12.0. The fraction of sp³-hybridized carbons (Fsp3) is 0.176. The van der Waals surface area contributed by atoms with Crippen molar-refractivity contribution in [2.45, 2.75) is 19.8 Å². The number of benzene rings is 2. The third kappa shape index (κ3) is 5.87. The van der Waals surface area contributed by atoms with E-state index in [0.717, 1.165) is 18.2 Å². The van der Waals surface area contributed by atoms with Crippen LogP contribution >= 0.6 is 11.6 Å². The van der Waals surface area contributed by atoms with Gasteiger partial charge < -0.3 is 5.32 Å². The predicted molar refractivity (Wildman–Crippen MR) is 106 cm³/mol. The molecule has 152 valence electrons. The highest BCUT2D eigenvalue weighted by Gasteiger charge is 2.20. The van der Waals surface area contributed by atoms with Crippen LogP contribution in [0.25, 0.3) is 0 Å². The van der Waals surface area contributed by atoms with Crippen molar-refractivity contribution in [3.63, 3.8) is 0 Å². The van der Waals surface area contributed by atoms with Crippen LogP contribution in [0.15, 0.2) is 36.4 Å². The quantitative estimate of drug-likeness (QED) is 0.435. The van der Waals surface area contributed by atoms with Crippen LogP contribution in [0.1, 0.15) is 18.4 Å². The lowest BCUT2D eigenvalue weighted by Gasteiger charge is -2.10. The molecule has 0 saturated heterocycles. The Kier molecular flexibility index (Phi) is 7.04. The van der Waals surface area contributed by atoms with E-state index in [1.54, 1.807) is 25.1 Å². The SMILES string of the molecule is Cc1c(Cl)cccc1NC(=O)CCC(=O)NNc1ccc([N+](=O)[O-])cc1[N+](=O)[O-]. The Morgan fingerprint density at radius 1 is 1.00 bits per heavy atom. The summed E-state index contributed by atoms with van der Waals surface area (Å²) in [5.41, 5.74) is 4.62. The number of carbonyl (C=O) groups is 2. The van der Waals surface area contributed by atoms with Crippen LogP contribution in [0, 0.1) is 27.2 Å². The summed E-state index contributed by atoms with van der Waals surface area (Å²) in [7, 11) is 0. The average Bonchev–Trinajstić information content (AvgIpc) is 2.68. The van der Waals surface area contributed by atoms with Gasteiger partial charge in [0.05, 0.1) is 15.9 Å². The molecule has 0 unspecified atom stereocenters. The highest BCUT2D eigenvalue weighted by Crippen LogP contribution is 2.28. The van der Waals surface area contributed by atoms with Crippen molar-refractivity contribution in [3.8, 4) is 0 Å². The topological polar surface area (TPSA) is 157 Å². The fourth-order valence-electron chi connectivity index (χ4n) is 2.27. The standard InChI is InChI=1S/C17H16ClN5O6/c1-10-12(18)3-2-4-13(10)19-16(24)7-8-17(25)21-20-14-6-5-11(22(26)27)9-15(14)23(28)29/h2-6,9,20H,7-8H2,1H3,(H,19,24)(H,21,25). The number of hydrazine groups is 1. The smallest absolute Gasteiger partial charge is 0.300 e. The van der Waals surface area contributed by atoms with E-state index < -0.39 is 33.0 Å². The first-order valence-corrected chi connectivity index (χ1v) is 8.59. The van der Waals surface area contributed by atoms with Gasteiger partial charge in [0, 0.05) is 29.6 Å². The molecule has 0 atom stereocenters. The van der Waals surface area contributed by atoms with E-state index in [1.165, 1.54) is 0 Å². The monoisotopic (exact) mass is 421 g/mol. The first-order valence-electron chi connectivity index (χ1n) is 8.21. The van der Waals surface area contributed by atoms with Gasteiger partial charge in [0.2, 0.25) is 11.8 Å². The summed E-state index contributed by atoms with van der Waals surface area (Å²) in [6, 6.07) is 7.97. The second-order valence-electron chi connectivity index (χ2n) is 5.85. The van der Waals surface area contributed by atoms with Gasteiger partial charge in [-0.25, -0.2) is 0 Å². The number of anilines is 2. The van der Waals surface area contributed by atoms with E-state index >= 15 is 0 Å². The number of hydrogen-bond donors (Lipinski definition) is 3. The first-order chi connectivity index (χ1) is 13.7. The van der Waals surface area contributed by atoms with E-state index in [4.69, 9.17) is 11.6 Å². The van der Waals surface area contributed by atoms with E-state index in [0.29, 0.717) is 16.3 Å². The van der Waals surface area contributed by atoms with Crippen molar-refractivity contribution >= 4 is 46.2 Å². The number of nitrogens with one attached hydrogen (secondary N) is 3. The van der Waals surface area contributed by atoms with Gasteiger partial charge in [-0.15, -0.1) is 0 Å². The molecule has 2 aromatic carbocycles. The molecule has 0 aromatic heterocycles. The number of nitrogens with zero attached hydrogens (tertiary/aromatic N) is 2. The lowest BCUT2D eigenvalue weighted by Crippen LogP contribution is -2.30. The fourth-order valence-corrected chi connectivity index (χ4v) is 2.45. The van der Waals surface area contributed by atoms with Crippen LogP contribution in [0.3, 0.4) is 0 Å². The summed E-state index contributed by atoms with van der Waals surface area (Å²) in [6.45, 7) is 1.74. The molecule has 29 heavy (non-hydrogen) atoms. The molecule has 3 N–H and O–H groups in total. The van der Waals surface area contributed by atoms with Crippen molar-refractivity contribution in [2.75, 3.05) is 10.7 Å². The minimum absolute atomic E-state index is 0.132. The van der Waals surface area contributed by atoms with Crippen molar-refractivity contribution < 1.29 is 19.4 Å². The Morgan fingerprint density at radius 3 is 2.34 bits per heavy atom. The third-order valence-corrected chi connectivity index (χ3v) is 4.26. The average molecular weight is 422 g/mol. The molecule has 0 spiro atoms. The summed E-state index contributed by atoms with van der Waals surface area (Å²) in [5.74, 6) is -1.01. The molecule has 0 fully saturated rings. The van der Waals surface area contributed by atoms with Crippen LogP contribution < -0.4 is 16.2 Å². The van der Waals surface area contributed by atoms with Gasteiger partial charge in [-0.05, 0) is 30.7 Å². The molecule has 0 aliphatic heterocycles. The van der Waals surface area contributed by atoms with Gasteiger partial charge in [-0.2, -0.15) is 0 Å². The molecule has 2 amide bonds. The van der Waals surface area contributed by atoms with Gasteiger partial charge >= 0.3 is 5.69 Å². The summed E-state index contributed by atoms with van der Waals surface area (Å²) >= 11 is 5.98. The Morgan fingerprint density at radius 2 is 1.69 bits per heavy atom. The Labute approximate surface area is 169 Å². The molecule has 0 aliphatic rings. The lowest BCUT2D eigenvalue weighted by atomic mass is 10.2. The zero-order valence-corrected chi connectivity index (χ0v) is 15.9. The third-order valence-electron chi connectivity index (χ3n) is 3.85. The van der Waals surface area contributed by atoms with Gasteiger partial charge in [0.25, 0.3) is 5.69 Å². The molecule has 2 aromatic rings. The normalized spacial score (nSPS) is 10.1. The molecular weight excluding hydrogens is 406 g/mol. The number of rotatable bonds is 8. The van der Waals surface area contributed by atoms with E-state index in [2.05, 4.69) is 16.2 Å². The number of nitro benzene ring substituents is 2. The molecular formula is C17H16ClN5O6. The molecule has 11 nitrogen and oxygen atoms in total. The molecule has 0 aliphatic carbocycles. The van der Waals surface area contributed by atoms with Gasteiger partial charge in [0.15, 0.2) is 0 Å². The number of amides is 2. The summed E-state index contributed by atoms with van der Waals surface area (Å²) in [4.78, 5) is 44.1. The number of halogens is 1. The summed E-state index contributed by atoms with van der Waals surface area (Å²) in [5, 5.41) is 24.9. The van der Waals surface area contributed by atoms with Crippen LogP contribution in [0.5, 0.6) is 0 Å². The van der Waals surface area contributed by atoms with Gasteiger partial charge in [-0.3, -0.25) is 40.7 Å². The van der Waals surface area contributed by atoms with Gasteiger partial charge in [0.1, 0.15) is 5.69 Å². The maximum atomic E-state index is 12.0. The highest BCUT2D eigenvalue weighted by atomic mass is 35.5. The van der Waals surface area contributed by atoms with Crippen molar-refractivity contribution in [1.82, 2.24) is 5.43 Å². The van der Waals surface area contributed by atoms with Crippen LogP contribution in [-0.4, -0.2) is 21.7 Å². The van der Waals surface area contributed by atoms with E-state index in [1.807, 2.05) is 0 Å². The van der Waals surface area contributed by atoms with Gasteiger partial charge in [-0.1, -0.05) is 17.7 Å². The molecule has 12 heteroatoms. The number of nitro groups is 2. The van der Waals surface area contributed by atoms with Crippen molar-refractivity contribution in [1.29, 1.82) is 0 Å². The molecule has 0 heterocycles. The largest absolute Gasteiger partial charge is 0.326 e.